The second kappa shape index (κ2) is 10.8. The highest BCUT2D eigenvalue weighted by atomic mass is 35.5. The molecule has 1 saturated carbocycles. The molecule has 0 heterocycles. The van der Waals surface area contributed by atoms with E-state index < -0.39 is 4.92 Å². The fourth-order valence-electron chi connectivity index (χ4n) is 3.70. The number of halogens is 1. The van der Waals surface area contributed by atoms with Crippen LogP contribution in [-0.2, 0) is 6.54 Å². The Morgan fingerprint density at radius 1 is 1.14 bits per heavy atom. The molecule has 7 nitrogen and oxygen atoms in total. The van der Waals surface area contributed by atoms with Crippen LogP contribution in [0.5, 0.6) is 0 Å². The van der Waals surface area contributed by atoms with Crippen LogP contribution in [0.4, 0.5) is 11.4 Å². The Labute approximate surface area is 176 Å². The Balaban J connectivity index is 0.00000300. The van der Waals surface area contributed by atoms with E-state index in [1.54, 1.807) is 12.1 Å². The SMILES string of the molecule is Cl.NCC1CCCCC1NC(=O)c1ccc(NCc2ccccc2)c([N+](=O)[O-])c1. The first-order valence-corrected chi connectivity index (χ1v) is 9.65. The number of nitro benzene ring substituents is 1. The number of amides is 1. The molecule has 8 heteroatoms. The number of carbonyl (C=O) groups is 1. The van der Waals surface area contributed by atoms with Crippen LogP contribution in [-0.4, -0.2) is 23.4 Å². The summed E-state index contributed by atoms with van der Waals surface area (Å²) >= 11 is 0. The van der Waals surface area contributed by atoms with Crippen LogP contribution in [0.2, 0.25) is 0 Å². The zero-order valence-electron chi connectivity index (χ0n) is 16.2. The van der Waals surface area contributed by atoms with Gasteiger partial charge in [-0.25, -0.2) is 0 Å². The second-order valence-corrected chi connectivity index (χ2v) is 7.19. The summed E-state index contributed by atoms with van der Waals surface area (Å²) in [7, 11) is 0. The van der Waals surface area contributed by atoms with Crippen molar-refractivity contribution in [1.29, 1.82) is 0 Å². The van der Waals surface area contributed by atoms with E-state index in [4.69, 9.17) is 5.73 Å². The highest BCUT2D eigenvalue weighted by Crippen LogP contribution is 2.27. The van der Waals surface area contributed by atoms with Crippen LogP contribution in [0.1, 0.15) is 41.6 Å². The largest absolute Gasteiger partial charge is 0.375 e. The standard InChI is InChI=1S/C21H26N4O3.ClH/c22-13-17-8-4-5-9-18(17)24-21(26)16-10-11-19(20(12-16)25(27)28)23-14-15-6-2-1-3-7-15;/h1-3,6-7,10-12,17-18,23H,4-5,8-9,13-14,22H2,(H,24,26);1H. The lowest BCUT2D eigenvalue weighted by molar-refractivity contribution is -0.384. The van der Waals surface area contributed by atoms with Crippen LogP contribution in [0, 0.1) is 16.0 Å². The molecule has 0 aromatic heterocycles. The van der Waals surface area contributed by atoms with Crippen molar-refractivity contribution in [2.75, 3.05) is 11.9 Å². The molecular weight excluding hydrogens is 392 g/mol. The zero-order valence-corrected chi connectivity index (χ0v) is 17.0. The summed E-state index contributed by atoms with van der Waals surface area (Å²) in [5.74, 6) is -0.0254. The van der Waals surface area contributed by atoms with Gasteiger partial charge in [0.05, 0.1) is 4.92 Å². The van der Waals surface area contributed by atoms with Crippen LogP contribution in [0.3, 0.4) is 0 Å². The van der Waals surface area contributed by atoms with Gasteiger partial charge in [-0.05, 0) is 43.0 Å². The molecule has 29 heavy (non-hydrogen) atoms. The van der Waals surface area contributed by atoms with Gasteiger partial charge in [-0.2, -0.15) is 0 Å². The van der Waals surface area contributed by atoms with Gasteiger partial charge in [0.1, 0.15) is 5.69 Å². The van der Waals surface area contributed by atoms with Crippen LogP contribution < -0.4 is 16.4 Å². The van der Waals surface area contributed by atoms with E-state index in [0.717, 1.165) is 31.2 Å². The Kier molecular flexibility index (Phi) is 8.42. The molecular formula is C21H27ClN4O3. The van der Waals surface area contributed by atoms with E-state index in [1.165, 1.54) is 6.07 Å². The average molecular weight is 419 g/mol. The number of nitrogens with one attached hydrogen (secondary N) is 2. The van der Waals surface area contributed by atoms with Crippen LogP contribution in [0.15, 0.2) is 48.5 Å². The molecule has 0 spiro atoms. The van der Waals surface area contributed by atoms with Crippen molar-refractivity contribution >= 4 is 29.7 Å². The van der Waals surface area contributed by atoms with Crippen molar-refractivity contribution in [3.05, 3.63) is 69.8 Å². The maximum Gasteiger partial charge on any atom is 0.293 e. The summed E-state index contributed by atoms with van der Waals surface area (Å²) in [6.07, 6.45) is 4.09. The molecule has 156 valence electrons. The topological polar surface area (TPSA) is 110 Å². The first-order valence-electron chi connectivity index (χ1n) is 9.65. The van der Waals surface area contributed by atoms with Crippen molar-refractivity contribution < 1.29 is 9.72 Å². The monoisotopic (exact) mass is 418 g/mol. The third-order valence-corrected chi connectivity index (χ3v) is 5.31. The molecule has 1 aliphatic rings. The zero-order chi connectivity index (χ0) is 19.9. The maximum absolute atomic E-state index is 12.6. The molecule has 0 saturated heterocycles. The van der Waals surface area contributed by atoms with Gasteiger partial charge >= 0.3 is 0 Å². The number of anilines is 1. The lowest BCUT2D eigenvalue weighted by Gasteiger charge is -2.31. The number of hydrogen-bond acceptors (Lipinski definition) is 5. The smallest absolute Gasteiger partial charge is 0.293 e. The van der Waals surface area contributed by atoms with Crippen molar-refractivity contribution in [2.24, 2.45) is 11.7 Å². The van der Waals surface area contributed by atoms with Crippen molar-refractivity contribution in [3.63, 3.8) is 0 Å². The van der Waals surface area contributed by atoms with E-state index in [9.17, 15) is 14.9 Å². The molecule has 1 amide bonds. The molecule has 0 aliphatic heterocycles. The van der Waals surface area contributed by atoms with E-state index in [-0.39, 0.29) is 36.0 Å². The molecule has 1 aliphatic carbocycles. The lowest BCUT2D eigenvalue weighted by Crippen LogP contribution is -2.44. The molecule has 3 rings (SSSR count). The quantitative estimate of drug-likeness (QED) is 0.466. The Bertz CT molecular complexity index is 832. The fraction of sp³-hybridized carbons (Fsp3) is 0.381. The van der Waals surface area contributed by atoms with Crippen LogP contribution >= 0.6 is 12.4 Å². The maximum atomic E-state index is 12.6. The molecule has 2 aromatic rings. The van der Waals surface area contributed by atoms with Gasteiger partial charge in [0, 0.05) is 24.2 Å². The summed E-state index contributed by atoms with van der Waals surface area (Å²) in [4.78, 5) is 23.7. The second-order valence-electron chi connectivity index (χ2n) is 7.19. The Morgan fingerprint density at radius 3 is 2.55 bits per heavy atom. The average Bonchev–Trinajstić information content (AvgIpc) is 2.73. The lowest BCUT2D eigenvalue weighted by atomic mass is 9.84. The molecule has 4 N–H and O–H groups in total. The van der Waals surface area contributed by atoms with Crippen molar-refractivity contribution in [3.8, 4) is 0 Å². The third-order valence-electron chi connectivity index (χ3n) is 5.31. The van der Waals surface area contributed by atoms with Gasteiger partial charge in [-0.3, -0.25) is 14.9 Å². The summed E-state index contributed by atoms with van der Waals surface area (Å²) in [6.45, 7) is 1.00. The number of hydrogen-bond donors (Lipinski definition) is 3. The summed E-state index contributed by atoms with van der Waals surface area (Å²) < 4.78 is 0. The van der Waals surface area contributed by atoms with E-state index >= 15 is 0 Å². The summed E-state index contributed by atoms with van der Waals surface area (Å²) in [6, 6.07) is 14.2. The Hall–Kier alpha value is -2.64. The van der Waals surface area contributed by atoms with Gasteiger partial charge in [0.2, 0.25) is 0 Å². The highest BCUT2D eigenvalue weighted by Gasteiger charge is 2.26. The molecule has 1 fully saturated rings. The first-order chi connectivity index (χ1) is 13.6. The molecule has 0 bridgehead atoms. The third kappa shape index (κ3) is 5.92. The van der Waals surface area contributed by atoms with E-state index in [0.29, 0.717) is 24.3 Å². The van der Waals surface area contributed by atoms with Gasteiger partial charge < -0.3 is 16.4 Å². The Morgan fingerprint density at radius 2 is 1.86 bits per heavy atom. The van der Waals surface area contributed by atoms with Crippen molar-refractivity contribution in [2.45, 2.75) is 38.3 Å². The fourth-order valence-corrected chi connectivity index (χ4v) is 3.70. The minimum absolute atomic E-state index is 0. The molecule has 2 aromatic carbocycles. The normalized spacial score (nSPS) is 18.4. The van der Waals surface area contributed by atoms with Crippen molar-refractivity contribution in [1.82, 2.24) is 5.32 Å². The summed E-state index contributed by atoms with van der Waals surface area (Å²) in [5.41, 5.74) is 7.41. The number of nitrogens with two attached hydrogens (primary N) is 1. The van der Waals surface area contributed by atoms with Gasteiger partial charge in [-0.1, -0.05) is 43.2 Å². The minimum Gasteiger partial charge on any atom is -0.375 e. The highest BCUT2D eigenvalue weighted by molar-refractivity contribution is 5.96. The number of nitro groups is 1. The predicted molar refractivity (Wildman–Crippen MR) is 116 cm³/mol. The van der Waals surface area contributed by atoms with Gasteiger partial charge in [0.25, 0.3) is 11.6 Å². The minimum atomic E-state index is -0.465. The number of carbonyl (C=O) groups excluding carboxylic acids is 1. The molecule has 2 unspecified atom stereocenters. The number of nitrogens with zero attached hydrogens (tertiary/aromatic N) is 1. The van der Waals surface area contributed by atoms with E-state index in [2.05, 4.69) is 10.6 Å². The number of benzene rings is 2. The molecule has 2 atom stereocenters. The summed E-state index contributed by atoms with van der Waals surface area (Å²) in [5, 5.41) is 17.6. The molecule has 0 radical (unpaired) electrons. The van der Waals surface area contributed by atoms with Gasteiger partial charge in [-0.15, -0.1) is 12.4 Å². The van der Waals surface area contributed by atoms with E-state index in [1.807, 2.05) is 30.3 Å². The number of rotatable bonds is 7. The van der Waals surface area contributed by atoms with Gasteiger partial charge in [0.15, 0.2) is 0 Å². The first kappa shape index (κ1) is 22.6. The van der Waals surface area contributed by atoms with Crippen LogP contribution in [0.25, 0.3) is 0 Å². The predicted octanol–water partition coefficient (Wildman–Crippen LogP) is 3.88.